The Kier molecular flexibility index (Phi) is 7.98. The average Bonchev–Trinajstić information content (AvgIpc) is 2.64. The zero-order valence-corrected chi connectivity index (χ0v) is 15.3. The van der Waals surface area contributed by atoms with Gasteiger partial charge in [-0.05, 0) is 43.3 Å². The van der Waals surface area contributed by atoms with Gasteiger partial charge in [-0.2, -0.15) is 0 Å². The predicted octanol–water partition coefficient (Wildman–Crippen LogP) is 3.84. The Balaban J connectivity index is 1.67. The Morgan fingerprint density at radius 3 is 2.48 bits per heavy atom. The minimum Gasteiger partial charge on any atom is -0.497 e. The quantitative estimate of drug-likeness (QED) is 0.652. The molecule has 0 bridgehead atoms. The Morgan fingerprint density at radius 2 is 1.76 bits per heavy atom. The second-order valence-electron chi connectivity index (χ2n) is 5.05. The molecule has 0 saturated carbocycles. The first-order valence-corrected chi connectivity index (χ1v) is 9.24. The molecule has 1 N–H and O–H groups in total. The Morgan fingerprint density at radius 1 is 1.04 bits per heavy atom. The van der Waals surface area contributed by atoms with Crippen LogP contribution in [0.2, 0.25) is 0 Å². The van der Waals surface area contributed by atoms with Gasteiger partial charge in [-0.1, -0.05) is 12.1 Å². The number of ether oxygens (including phenoxy) is 3. The SMILES string of the molecule is CCOc1ccccc1NC(=O)CSCCOc1ccc(OC)cc1. The number of carbonyl (C=O) groups excluding carboxylic acids is 1. The lowest BCUT2D eigenvalue weighted by Gasteiger charge is -2.11. The number of para-hydroxylation sites is 2. The highest BCUT2D eigenvalue weighted by molar-refractivity contribution is 7.99. The fourth-order valence-electron chi connectivity index (χ4n) is 2.09. The first kappa shape index (κ1) is 19.0. The number of anilines is 1. The van der Waals surface area contributed by atoms with Gasteiger partial charge in [0.05, 0.1) is 31.8 Å². The summed E-state index contributed by atoms with van der Waals surface area (Å²) in [6.45, 7) is 3.02. The normalized spacial score (nSPS) is 10.2. The van der Waals surface area contributed by atoms with Crippen LogP contribution in [-0.4, -0.2) is 37.7 Å². The largest absolute Gasteiger partial charge is 0.497 e. The van der Waals surface area contributed by atoms with E-state index in [4.69, 9.17) is 14.2 Å². The lowest BCUT2D eigenvalue weighted by Crippen LogP contribution is -2.16. The molecule has 0 heterocycles. The molecule has 2 aromatic rings. The van der Waals surface area contributed by atoms with Crippen LogP contribution in [-0.2, 0) is 4.79 Å². The molecule has 134 valence electrons. The molecule has 0 spiro atoms. The van der Waals surface area contributed by atoms with Gasteiger partial charge in [0.2, 0.25) is 5.91 Å². The summed E-state index contributed by atoms with van der Waals surface area (Å²) in [5, 5.41) is 2.88. The minimum atomic E-state index is -0.0541. The maximum atomic E-state index is 12.0. The van der Waals surface area contributed by atoms with Crippen LogP contribution in [0.15, 0.2) is 48.5 Å². The molecule has 0 aliphatic rings. The van der Waals surface area contributed by atoms with Crippen molar-refractivity contribution in [2.75, 3.05) is 37.1 Å². The predicted molar refractivity (Wildman–Crippen MR) is 102 cm³/mol. The van der Waals surface area contributed by atoms with Gasteiger partial charge < -0.3 is 19.5 Å². The molecule has 0 unspecified atom stereocenters. The smallest absolute Gasteiger partial charge is 0.234 e. The third-order valence-electron chi connectivity index (χ3n) is 3.25. The molecular weight excluding hydrogens is 338 g/mol. The van der Waals surface area contributed by atoms with E-state index in [-0.39, 0.29) is 5.91 Å². The van der Waals surface area contributed by atoms with Gasteiger partial charge in [0.15, 0.2) is 0 Å². The van der Waals surface area contributed by atoms with Crippen LogP contribution in [0.1, 0.15) is 6.92 Å². The number of rotatable bonds is 10. The third-order valence-corrected chi connectivity index (χ3v) is 4.17. The first-order valence-electron chi connectivity index (χ1n) is 8.09. The van der Waals surface area contributed by atoms with Gasteiger partial charge in [-0.3, -0.25) is 4.79 Å². The maximum absolute atomic E-state index is 12.0. The number of methoxy groups -OCH3 is 1. The molecule has 0 atom stereocenters. The van der Waals surface area contributed by atoms with Crippen LogP contribution in [0.5, 0.6) is 17.2 Å². The zero-order chi connectivity index (χ0) is 17.9. The van der Waals surface area contributed by atoms with Gasteiger partial charge in [-0.15, -0.1) is 11.8 Å². The molecule has 2 rings (SSSR count). The number of hydrogen-bond acceptors (Lipinski definition) is 5. The van der Waals surface area contributed by atoms with Crippen molar-refractivity contribution < 1.29 is 19.0 Å². The molecule has 1 amide bonds. The highest BCUT2D eigenvalue weighted by atomic mass is 32.2. The number of carbonyl (C=O) groups is 1. The van der Waals surface area contributed by atoms with Crippen LogP contribution < -0.4 is 19.5 Å². The van der Waals surface area contributed by atoms with E-state index in [1.165, 1.54) is 11.8 Å². The Hall–Kier alpha value is -2.34. The van der Waals surface area contributed by atoms with Crippen LogP contribution in [0, 0.1) is 0 Å². The molecule has 0 radical (unpaired) electrons. The maximum Gasteiger partial charge on any atom is 0.234 e. The van der Waals surface area contributed by atoms with Crippen LogP contribution >= 0.6 is 11.8 Å². The van der Waals surface area contributed by atoms with Gasteiger partial charge >= 0.3 is 0 Å². The van der Waals surface area contributed by atoms with E-state index >= 15 is 0 Å². The summed E-state index contributed by atoms with van der Waals surface area (Å²) in [6, 6.07) is 14.9. The zero-order valence-electron chi connectivity index (χ0n) is 14.5. The summed E-state index contributed by atoms with van der Waals surface area (Å²) in [7, 11) is 1.63. The van der Waals surface area contributed by atoms with Crippen molar-refractivity contribution in [1.29, 1.82) is 0 Å². The Bertz CT molecular complexity index is 661. The van der Waals surface area contributed by atoms with Gasteiger partial charge in [-0.25, -0.2) is 0 Å². The first-order chi connectivity index (χ1) is 12.2. The van der Waals surface area contributed by atoms with E-state index < -0.39 is 0 Å². The fraction of sp³-hybridized carbons (Fsp3) is 0.316. The number of amides is 1. The van der Waals surface area contributed by atoms with E-state index in [0.717, 1.165) is 17.3 Å². The number of hydrogen-bond donors (Lipinski definition) is 1. The third kappa shape index (κ3) is 6.58. The van der Waals surface area contributed by atoms with Gasteiger partial charge in [0.25, 0.3) is 0 Å². The summed E-state index contributed by atoms with van der Waals surface area (Å²) in [5.41, 5.74) is 0.699. The molecule has 0 aromatic heterocycles. The molecule has 5 nitrogen and oxygen atoms in total. The van der Waals surface area contributed by atoms with Crippen LogP contribution in [0.3, 0.4) is 0 Å². The highest BCUT2D eigenvalue weighted by Gasteiger charge is 2.07. The van der Waals surface area contributed by atoms with Crippen molar-refractivity contribution in [2.45, 2.75) is 6.92 Å². The Labute approximate surface area is 152 Å². The second-order valence-corrected chi connectivity index (χ2v) is 6.16. The molecule has 0 aliphatic carbocycles. The topological polar surface area (TPSA) is 56.8 Å². The summed E-state index contributed by atoms with van der Waals surface area (Å²) in [5.74, 6) is 3.31. The average molecular weight is 361 g/mol. The van der Waals surface area contributed by atoms with E-state index in [2.05, 4.69) is 5.32 Å². The molecule has 25 heavy (non-hydrogen) atoms. The van der Waals surface area contributed by atoms with Crippen molar-refractivity contribution in [2.24, 2.45) is 0 Å². The number of nitrogens with one attached hydrogen (secondary N) is 1. The molecular formula is C19H23NO4S. The highest BCUT2D eigenvalue weighted by Crippen LogP contribution is 2.23. The number of benzene rings is 2. The van der Waals surface area contributed by atoms with E-state index in [1.807, 2.05) is 55.5 Å². The second kappa shape index (κ2) is 10.5. The van der Waals surface area contributed by atoms with Gasteiger partial charge in [0.1, 0.15) is 17.2 Å². The number of thioether (sulfide) groups is 1. The standard InChI is InChI=1S/C19H23NO4S/c1-3-23-18-7-5-4-6-17(18)20-19(21)14-25-13-12-24-16-10-8-15(22-2)9-11-16/h4-11H,3,12-14H2,1-2H3,(H,20,21). The van der Waals surface area contributed by atoms with Crippen molar-refractivity contribution in [3.8, 4) is 17.2 Å². The molecule has 2 aromatic carbocycles. The summed E-state index contributed by atoms with van der Waals surface area (Å²) in [4.78, 5) is 12.0. The molecule has 6 heteroatoms. The van der Waals surface area contributed by atoms with Crippen molar-refractivity contribution in [1.82, 2.24) is 0 Å². The summed E-state index contributed by atoms with van der Waals surface area (Å²) in [6.07, 6.45) is 0. The van der Waals surface area contributed by atoms with Crippen molar-refractivity contribution in [3.63, 3.8) is 0 Å². The minimum absolute atomic E-state index is 0.0541. The van der Waals surface area contributed by atoms with E-state index in [9.17, 15) is 4.79 Å². The fourth-order valence-corrected chi connectivity index (χ4v) is 2.70. The van der Waals surface area contributed by atoms with Crippen LogP contribution in [0.4, 0.5) is 5.69 Å². The monoisotopic (exact) mass is 361 g/mol. The lowest BCUT2D eigenvalue weighted by atomic mass is 10.3. The molecule has 0 fully saturated rings. The van der Waals surface area contributed by atoms with E-state index in [1.54, 1.807) is 7.11 Å². The van der Waals surface area contributed by atoms with Crippen molar-refractivity contribution >= 4 is 23.4 Å². The molecule has 0 aliphatic heterocycles. The van der Waals surface area contributed by atoms with Crippen molar-refractivity contribution in [3.05, 3.63) is 48.5 Å². The lowest BCUT2D eigenvalue weighted by molar-refractivity contribution is -0.113. The van der Waals surface area contributed by atoms with Gasteiger partial charge in [0, 0.05) is 5.75 Å². The summed E-state index contributed by atoms with van der Waals surface area (Å²) >= 11 is 1.52. The summed E-state index contributed by atoms with van der Waals surface area (Å²) < 4.78 is 16.2. The van der Waals surface area contributed by atoms with E-state index in [0.29, 0.717) is 30.4 Å². The van der Waals surface area contributed by atoms with Crippen LogP contribution in [0.25, 0.3) is 0 Å². The molecule has 0 saturated heterocycles.